The number of ether oxygens (including phenoxy) is 1. The van der Waals surface area contributed by atoms with Crippen molar-refractivity contribution in [3.8, 4) is 11.5 Å². The highest BCUT2D eigenvalue weighted by atomic mass is 35.5. The molecular formula is C21H21ClFN3O4S. The van der Waals surface area contributed by atoms with Crippen LogP contribution in [0.5, 0.6) is 0 Å². The highest BCUT2D eigenvalue weighted by Crippen LogP contribution is 2.34. The van der Waals surface area contributed by atoms with Crippen LogP contribution in [0.3, 0.4) is 0 Å². The molecule has 1 N–H and O–H groups in total. The number of aromatic nitrogens is 1. The molecule has 1 saturated heterocycles. The van der Waals surface area contributed by atoms with Crippen molar-refractivity contribution in [1.82, 2.24) is 9.88 Å². The Labute approximate surface area is 184 Å². The number of hydrogen-bond donors (Lipinski definition) is 1. The lowest BCUT2D eigenvalue weighted by molar-refractivity contribution is 0.0398. The van der Waals surface area contributed by atoms with Crippen molar-refractivity contribution in [2.24, 2.45) is 0 Å². The van der Waals surface area contributed by atoms with Crippen LogP contribution in [-0.4, -0.2) is 57.7 Å². The number of hydrogen-bond acceptors (Lipinski definition) is 7. The van der Waals surface area contributed by atoms with Crippen LogP contribution in [-0.2, 0) is 14.6 Å². The zero-order valence-corrected chi connectivity index (χ0v) is 18.1. The van der Waals surface area contributed by atoms with E-state index in [1.165, 1.54) is 12.1 Å². The molecule has 4 rings (SSSR count). The van der Waals surface area contributed by atoms with Gasteiger partial charge in [0.25, 0.3) is 0 Å². The number of anilines is 1. The fraction of sp³-hybridized carbons (Fsp3) is 0.286. The molecule has 3 aromatic rings. The number of nitrogens with one attached hydrogen (secondary N) is 1. The summed E-state index contributed by atoms with van der Waals surface area (Å²) in [5.41, 5.74) is 0.473. The molecule has 31 heavy (non-hydrogen) atoms. The van der Waals surface area contributed by atoms with Gasteiger partial charge in [0, 0.05) is 26.2 Å². The molecule has 1 aliphatic heterocycles. The van der Waals surface area contributed by atoms with Gasteiger partial charge in [-0.15, -0.1) is 0 Å². The van der Waals surface area contributed by atoms with Gasteiger partial charge in [-0.1, -0.05) is 23.7 Å². The van der Waals surface area contributed by atoms with E-state index >= 15 is 0 Å². The standard InChI is InChI=1S/C21H21ClFN3O4S/c22-18-4-2-1-3-17(18)19-25-21(31(27,28)16-7-5-15(23)6-8-16)20(30-19)24-9-10-26-11-13-29-14-12-26/h1-8,24H,9-14H2. The maximum atomic E-state index is 13.3. The molecular weight excluding hydrogens is 445 g/mol. The normalized spacial score (nSPS) is 15.2. The van der Waals surface area contributed by atoms with E-state index in [-0.39, 0.29) is 21.7 Å². The second kappa shape index (κ2) is 9.35. The molecule has 10 heteroatoms. The highest BCUT2D eigenvalue weighted by molar-refractivity contribution is 7.91. The van der Waals surface area contributed by atoms with Crippen LogP contribution in [0.2, 0.25) is 5.02 Å². The molecule has 0 spiro atoms. The molecule has 2 heterocycles. The maximum Gasteiger partial charge on any atom is 0.233 e. The average molecular weight is 466 g/mol. The van der Waals surface area contributed by atoms with E-state index < -0.39 is 15.7 Å². The van der Waals surface area contributed by atoms with Crippen molar-refractivity contribution in [3.05, 3.63) is 59.4 Å². The van der Waals surface area contributed by atoms with Crippen LogP contribution in [0.25, 0.3) is 11.5 Å². The Morgan fingerprint density at radius 3 is 2.52 bits per heavy atom. The number of benzene rings is 2. The Balaban J connectivity index is 1.66. The van der Waals surface area contributed by atoms with Gasteiger partial charge in [-0.05, 0) is 36.4 Å². The first-order valence-electron chi connectivity index (χ1n) is 9.75. The van der Waals surface area contributed by atoms with Crippen molar-refractivity contribution in [2.45, 2.75) is 9.92 Å². The fourth-order valence-electron chi connectivity index (χ4n) is 3.23. The molecule has 0 saturated carbocycles. The van der Waals surface area contributed by atoms with Gasteiger partial charge in [0.1, 0.15) is 5.82 Å². The molecule has 164 valence electrons. The predicted octanol–water partition coefficient (Wildman–Crippen LogP) is 3.71. The van der Waals surface area contributed by atoms with Crippen LogP contribution >= 0.6 is 11.6 Å². The minimum Gasteiger partial charge on any atom is -0.419 e. The predicted molar refractivity (Wildman–Crippen MR) is 115 cm³/mol. The summed E-state index contributed by atoms with van der Waals surface area (Å²) in [6.45, 7) is 4.09. The van der Waals surface area contributed by atoms with E-state index in [4.69, 9.17) is 20.8 Å². The average Bonchev–Trinajstić information content (AvgIpc) is 3.20. The van der Waals surface area contributed by atoms with Crippen molar-refractivity contribution in [3.63, 3.8) is 0 Å². The van der Waals surface area contributed by atoms with Gasteiger partial charge in [0.05, 0.1) is 28.7 Å². The first-order valence-corrected chi connectivity index (χ1v) is 11.6. The van der Waals surface area contributed by atoms with Crippen molar-refractivity contribution < 1.29 is 22.0 Å². The summed E-state index contributed by atoms with van der Waals surface area (Å²) in [6, 6.07) is 11.5. The van der Waals surface area contributed by atoms with Crippen LogP contribution in [0.15, 0.2) is 62.9 Å². The second-order valence-electron chi connectivity index (χ2n) is 6.97. The topological polar surface area (TPSA) is 84.7 Å². The summed E-state index contributed by atoms with van der Waals surface area (Å²) < 4.78 is 50.9. The van der Waals surface area contributed by atoms with Crippen molar-refractivity contribution in [1.29, 1.82) is 0 Å². The number of oxazole rings is 1. The molecule has 7 nitrogen and oxygen atoms in total. The molecule has 0 radical (unpaired) electrons. The number of sulfone groups is 1. The van der Waals surface area contributed by atoms with E-state index in [1.807, 2.05) is 0 Å². The van der Waals surface area contributed by atoms with Gasteiger partial charge in [-0.3, -0.25) is 4.90 Å². The SMILES string of the molecule is O=S(=O)(c1ccc(F)cc1)c1nc(-c2ccccc2Cl)oc1NCCN1CCOCC1. The largest absolute Gasteiger partial charge is 0.419 e. The van der Waals surface area contributed by atoms with Crippen LogP contribution in [0.1, 0.15) is 0 Å². The number of rotatable bonds is 7. The number of morpholine rings is 1. The Morgan fingerprint density at radius 1 is 1.10 bits per heavy atom. The molecule has 1 fully saturated rings. The van der Waals surface area contributed by atoms with Gasteiger partial charge >= 0.3 is 0 Å². The number of halogens is 2. The molecule has 0 aliphatic carbocycles. The zero-order valence-electron chi connectivity index (χ0n) is 16.6. The second-order valence-corrected chi connectivity index (χ2v) is 9.24. The van der Waals surface area contributed by atoms with E-state index in [1.54, 1.807) is 24.3 Å². The van der Waals surface area contributed by atoms with Crippen LogP contribution < -0.4 is 5.32 Å². The fourth-order valence-corrected chi connectivity index (χ4v) is 4.72. The summed E-state index contributed by atoms with van der Waals surface area (Å²) >= 11 is 6.24. The quantitative estimate of drug-likeness (QED) is 0.532. The van der Waals surface area contributed by atoms with Crippen molar-refractivity contribution >= 4 is 27.3 Å². The molecule has 2 aromatic carbocycles. The summed E-state index contributed by atoms with van der Waals surface area (Å²) in [5.74, 6) is -0.424. The first kappa shape index (κ1) is 21.8. The van der Waals surface area contributed by atoms with E-state index in [2.05, 4.69) is 15.2 Å². The van der Waals surface area contributed by atoms with E-state index in [9.17, 15) is 12.8 Å². The lowest BCUT2D eigenvalue weighted by atomic mass is 10.2. The summed E-state index contributed by atoms with van der Waals surface area (Å²) in [6.07, 6.45) is 0. The molecule has 1 aliphatic rings. The first-order chi connectivity index (χ1) is 14.9. The summed E-state index contributed by atoms with van der Waals surface area (Å²) in [4.78, 5) is 6.37. The third-order valence-corrected chi connectivity index (χ3v) is 6.90. The maximum absolute atomic E-state index is 13.3. The Hall–Kier alpha value is -2.46. The van der Waals surface area contributed by atoms with Crippen LogP contribution in [0.4, 0.5) is 10.3 Å². The van der Waals surface area contributed by atoms with Gasteiger partial charge in [-0.2, -0.15) is 4.98 Å². The monoisotopic (exact) mass is 465 g/mol. The van der Waals surface area contributed by atoms with E-state index in [0.29, 0.717) is 36.9 Å². The minimum absolute atomic E-state index is 0.0208. The molecule has 1 aromatic heterocycles. The molecule has 0 atom stereocenters. The van der Waals surface area contributed by atoms with Crippen molar-refractivity contribution in [2.75, 3.05) is 44.7 Å². The van der Waals surface area contributed by atoms with Gasteiger partial charge in [-0.25, -0.2) is 12.8 Å². The molecule has 0 bridgehead atoms. The molecule has 0 unspecified atom stereocenters. The Bertz CT molecular complexity index is 1150. The van der Waals surface area contributed by atoms with Gasteiger partial charge in [0.2, 0.25) is 26.6 Å². The van der Waals surface area contributed by atoms with Gasteiger partial charge in [0.15, 0.2) is 0 Å². The summed E-state index contributed by atoms with van der Waals surface area (Å²) in [7, 11) is -4.05. The smallest absolute Gasteiger partial charge is 0.233 e. The molecule has 0 amide bonds. The Morgan fingerprint density at radius 2 is 1.81 bits per heavy atom. The lowest BCUT2D eigenvalue weighted by Gasteiger charge is -2.26. The third kappa shape index (κ3) is 4.90. The van der Waals surface area contributed by atoms with Gasteiger partial charge < -0.3 is 14.5 Å². The lowest BCUT2D eigenvalue weighted by Crippen LogP contribution is -2.39. The van der Waals surface area contributed by atoms with Crippen LogP contribution in [0, 0.1) is 5.82 Å². The highest BCUT2D eigenvalue weighted by Gasteiger charge is 2.29. The zero-order chi connectivity index (χ0) is 21.8. The Kier molecular flexibility index (Phi) is 6.57. The number of nitrogens with zero attached hydrogens (tertiary/aromatic N) is 2. The third-order valence-electron chi connectivity index (χ3n) is 4.90. The minimum atomic E-state index is -4.05. The summed E-state index contributed by atoms with van der Waals surface area (Å²) in [5, 5.41) is 3.17. The van der Waals surface area contributed by atoms with E-state index in [0.717, 1.165) is 25.2 Å².